The quantitative estimate of drug-likeness (QED) is 0.827. The third kappa shape index (κ3) is 4.81. The van der Waals surface area contributed by atoms with Crippen molar-refractivity contribution in [1.82, 2.24) is 10.2 Å². The molecule has 1 saturated heterocycles. The van der Waals surface area contributed by atoms with Crippen molar-refractivity contribution in [1.29, 1.82) is 0 Å². The Kier molecular flexibility index (Phi) is 6.56. The first-order chi connectivity index (χ1) is 11.9. The van der Waals surface area contributed by atoms with E-state index in [-0.39, 0.29) is 23.7 Å². The number of hydrogen-bond donors (Lipinski definition) is 1. The van der Waals surface area contributed by atoms with Crippen molar-refractivity contribution >= 4 is 17.8 Å². The van der Waals surface area contributed by atoms with E-state index < -0.39 is 6.10 Å². The van der Waals surface area contributed by atoms with Gasteiger partial charge in [0.1, 0.15) is 0 Å². The summed E-state index contributed by atoms with van der Waals surface area (Å²) >= 11 is 0. The summed E-state index contributed by atoms with van der Waals surface area (Å²) in [6, 6.07) is 7.50. The Labute approximate surface area is 148 Å². The van der Waals surface area contributed by atoms with Gasteiger partial charge < -0.3 is 15.0 Å². The third-order valence-electron chi connectivity index (χ3n) is 4.50. The van der Waals surface area contributed by atoms with E-state index >= 15 is 0 Å². The van der Waals surface area contributed by atoms with Crippen molar-refractivity contribution in [2.24, 2.45) is 5.92 Å². The summed E-state index contributed by atoms with van der Waals surface area (Å²) in [7, 11) is 0. The normalized spacial score (nSPS) is 16.2. The van der Waals surface area contributed by atoms with E-state index in [1.165, 1.54) is 0 Å². The molecule has 0 bridgehead atoms. The van der Waals surface area contributed by atoms with Gasteiger partial charge in [-0.25, -0.2) is 0 Å². The number of benzene rings is 1. The van der Waals surface area contributed by atoms with E-state index in [9.17, 15) is 14.4 Å². The van der Waals surface area contributed by atoms with Gasteiger partial charge in [0.2, 0.25) is 0 Å². The van der Waals surface area contributed by atoms with Gasteiger partial charge in [0, 0.05) is 25.2 Å². The highest BCUT2D eigenvalue weighted by molar-refractivity contribution is 5.95. The second-order valence-corrected chi connectivity index (χ2v) is 6.36. The zero-order chi connectivity index (χ0) is 18.4. The van der Waals surface area contributed by atoms with Gasteiger partial charge in [-0.1, -0.05) is 18.2 Å². The van der Waals surface area contributed by atoms with Crippen LogP contribution in [0.3, 0.4) is 0 Å². The van der Waals surface area contributed by atoms with Crippen molar-refractivity contribution in [2.45, 2.75) is 39.7 Å². The van der Waals surface area contributed by atoms with Crippen molar-refractivity contribution in [3.8, 4) is 0 Å². The second-order valence-electron chi connectivity index (χ2n) is 6.36. The maximum atomic E-state index is 12.6. The van der Waals surface area contributed by atoms with Crippen LogP contribution < -0.4 is 5.32 Å². The van der Waals surface area contributed by atoms with Gasteiger partial charge in [-0.3, -0.25) is 14.4 Å². The summed E-state index contributed by atoms with van der Waals surface area (Å²) in [6.45, 7) is 6.83. The Morgan fingerprint density at radius 2 is 1.88 bits per heavy atom. The minimum absolute atomic E-state index is 0.000564. The van der Waals surface area contributed by atoms with Crippen LogP contribution in [0, 0.1) is 12.8 Å². The first-order valence-corrected chi connectivity index (χ1v) is 8.77. The zero-order valence-electron chi connectivity index (χ0n) is 15.1. The highest BCUT2D eigenvalue weighted by Crippen LogP contribution is 2.21. The van der Waals surface area contributed by atoms with E-state index in [0.29, 0.717) is 38.0 Å². The lowest BCUT2D eigenvalue weighted by atomic mass is 9.96. The number of carbonyl (C=O) groups excluding carboxylic acids is 3. The SMILES string of the molecule is CCNC(=O)[C@H](C)OC(=O)C1CCN(C(=O)c2ccccc2C)CC1. The van der Waals surface area contributed by atoms with Crippen LogP contribution in [0.15, 0.2) is 24.3 Å². The number of hydrogen-bond acceptors (Lipinski definition) is 4. The Morgan fingerprint density at radius 3 is 2.48 bits per heavy atom. The van der Waals surface area contributed by atoms with E-state index in [0.717, 1.165) is 5.56 Å². The summed E-state index contributed by atoms with van der Waals surface area (Å²) < 4.78 is 5.25. The van der Waals surface area contributed by atoms with Crippen LogP contribution in [-0.2, 0) is 14.3 Å². The molecule has 0 aromatic heterocycles. The fourth-order valence-corrected chi connectivity index (χ4v) is 2.94. The molecule has 1 aliphatic rings. The van der Waals surface area contributed by atoms with Gasteiger partial charge in [-0.05, 0) is 45.2 Å². The van der Waals surface area contributed by atoms with E-state index in [4.69, 9.17) is 4.74 Å². The number of nitrogens with zero attached hydrogens (tertiary/aromatic N) is 1. The number of amides is 2. The standard InChI is InChI=1S/C19H26N2O4/c1-4-20-17(22)14(3)25-19(24)15-9-11-21(12-10-15)18(23)16-8-6-5-7-13(16)2/h5-8,14-15H,4,9-12H2,1-3H3,(H,20,22)/t14-/m0/s1. The fourth-order valence-electron chi connectivity index (χ4n) is 2.94. The molecule has 1 atom stereocenters. The monoisotopic (exact) mass is 346 g/mol. The fraction of sp³-hybridized carbons (Fsp3) is 0.526. The lowest BCUT2D eigenvalue weighted by Crippen LogP contribution is -2.42. The first-order valence-electron chi connectivity index (χ1n) is 8.77. The predicted octanol–water partition coefficient (Wildman–Crippen LogP) is 1.92. The summed E-state index contributed by atoms with van der Waals surface area (Å²) in [4.78, 5) is 38.2. The van der Waals surface area contributed by atoms with Gasteiger partial charge in [0.25, 0.3) is 11.8 Å². The van der Waals surface area contributed by atoms with Gasteiger partial charge >= 0.3 is 5.97 Å². The number of carbonyl (C=O) groups is 3. The van der Waals surface area contributed by atoms with Crippen LogP contribution >= 0.6 is 0 Å². The number of esters is 1. The van der Waals surface area contributed by atoms with Crippen molar-refractivity contribution < 1.29 is 19.1 Å². The second kappa shape index (κ2) is 8.65. The molecule has 2 amide bonds. The molecule has 0 spiro atoms. The molecule has 1 aliphatic heterocycles. The number of nitrogens with one attached hydrogen (secondary N) is 1. The van der Waals surface area contributed by atoms with Gasteiger partial charge in [0.15, 0.2) is 6.10 Å². The lowest BCUT2D eigenvalue weighted by molar-refractivity contribution is -0.160. The molecule has 2 rings (SSSR count). The lowest BCUT2D eigenvalue weighted by Gasteiger charge is -2.31. The number of piperidine rings is 1. The van der Waals surface area contributed by atoms with E-state index in [2.05, 4.69) is 5.32 Å². The topological polar surface area (TPSA) is 75.7 Å². The van der Waals surface area contributed by atoms with Crippen molar-refractivity contribution in [3.63, 3.8) is 0 Å². The van der Waals surface area contributed by atoms with Gasteiger partial charge in [0.05, 0.1) is 5.92 Å². The average Bonchev–Trinajstić information content (AvgIpc) is 2.61. The van der Waals surface area contributed by atoms with Gasteiger partial charge in [-0.2, -0.15) is 0 Å². The molecule has 6 heteroatoms. The number of aryl methyl sites for hydroxylation is 1. The maximum Gasteiger partial charge on any atom is 0.309 e. The number of ether oxygens (including phenoxy) is 1. The summed E-state index contributed by atoms with van der Waals surface area (Å²) in [5.74, 6) is -0.914. The smallest absolute Gasteiger partial charge is 0.309 e. The molecule has 0 radical (unpaired) electrons. The number of likely N-dealkylation sites (tertiary alicyclic amines) is 1. The van der Waals surface area contributed by atoms with Crippen LogP contribution in [0.25, 0.3) is 0 Å². The van der Waals surface area contributed by atoms with Crippen molar-refractivity contribution in [3.05, 3.63) is 35.4 Å². The molecule has 1 aromatic carbocycles. The van der Waals surface area contributed by atoms with Crippen molar-refractivity contribution in [2.75, 3.05) is 19.6 Å². The number of rotatable bonds is 5. The minimum atomic E-state index is -0.793. The average molecular weight is 346 g/mol. The summed E-state index contributed by atoms with van der Waals surface area (Å²) in [5.41, 5.74) is 1.65. The van der Waals surface area contributed by atoms with Crippen LogP contribution in [-0.4, -0.2) is 48.4 Å². The Morgan fingerprint density at radius 1 is 1.24 bits per heavy atom. The van der Waals surface area contributed by atoms with Crippen LogP contribution in [0.5, 0.6) is 0 Å². The van der Waals surface area contributed by atoms with E-state index in [1.54, 1.807) is 11.8 Å². The molecule has 136 valence electrons. The molecular weight excluding hydrogens is 320 g/mol. The summed E-state index contributed by atoms with van der Waals surface area (Å²) in [6.07, 6.45) is 0.316. The first kappa shape index (κ1) is 19.0. The molecule has 6 nitrogen and oxygen atoms in total. The highest BCUT2D eigenvalue weighted by atomic mass is 16.5. The summed E-state index contributed by atoms with van der Waals surface area (Å²) in [5, 5.41) is 2.63. The predicted molar refractivity (Wildman–Crippen MR) is 94.0 cm³/mol. The molecule has 0 unspecified atom stereocenters. The molecule has 1 heterocycles. The minimum Gasteiger partial charge on any atom is -0.452 e. The molecule has 0 aliphatic carbocycles. The largest absolute Gasteiger partial charge is 0.452 e. The maximum absolute atomic E-state index is 12.6. The number of likely N-dealkylation sites (N-methyl/N-ethyl adjacent to an activating group) is 1. The molecular formula is C19H26N2O4. The molecule has 25 heavy (non-hydrogen) atoms. The molecule has 0 saturated carbocycles. The van der Waals surface area contributed by atoms with E-state index in [1.807, 2.05) is 38.1 Å². The Hall–Kier alpha value is -2.37. The van der Waals surface area contributed by atoms with Gasteiger partial charge in [-0.15, -0.1) is 0 Å². The Bertz CT molecular complexity index is 636. The Balaban J connectivity index is 1.87. The van der Waals surface area contributed by atoms with Crippen LogP contribution in [0.1, 0.15) is 42.6 Å². The van der Waals surface area contributed by atoms with Crippen LogP contribution in [0.2, 0.25) is 0 Å². The molecule has 1 fully saturated rings. The zero-order valence-corrected chi connectivity index (χ0v) is 15.1. The molecule has 1 aromatic rings. The van der Waals surface area contributed by atoms with Crippen LogP contribution in [0.4, 0.5) is 0 Å². The molecule has 1 N–H and O–H groups in total. The third-order valence-corrected chi connectivity index (χ3v) is 4.50. The highest BCUT2D eigenvalue weighted by Gasteiger charge is 2.30.